The first-order valence-corrected chi connectivity index (χ1v) is 17.5. The van der Waals surface area contributed by atoms with Crippen molar-refractivity contribution in [1.82, 2.24) is 10.1 Å². The summed E-state index contributed by atoms with van der Waals surface area (Å²) in [6.45, 7) is 21.0. The topological polar surface area (TPSA) is 77.5 Å². The van der Waals surface area contributed by atoms with E-state index in [0.29, 0.717) is 32.1 Å². The van der Waals surface area contributed by atoms with Crippen LogP contribution >= 0.6 is 0 Å². The van der Waals surface area contributed by atoms with Gasteiger partial charge in [0.15, 0.2) is 0 Å². The van der Waals surface area contributed by atoms with Crippen LogP contribution in [0.4, 0.5) is 0 Å². The van der Waals surface area contributed by atoms with E-state index in [4.69, 9.17) is 19.1 Å². The van der Waals surface area contributed by atoms with Gasteiger partial charge in [-0.2, -0.15) is 10.1 Å². The molecule has 47 heavy (non-hydrogen) atoms. The van der Waals surface area contributed by atoms with Crippen molar-refractivity contribution in [2.75, 3.05) is 0 Å². The number of esters is 2. The second-order valence-electron chi connectivity index (χ2n) is 16.1. The van der Waals surface area contributed by atoms with Crippen LogP contribution in [0.5, 0.6) is 0 Å². The highest BCUT2D eigenvalue weighted by molar-refractivity contribution is 5.80. The summed E-state index contributed by atoms with van der Waals surface area (Å²) >= 11 is 0. The highest BCUT2D eigenvalue weighted by Gasteiger charge is 2.55. The Morgan fingerprint density at radius 3 is 2.04 bits per heavy atom. The number of ether oxygens (including phenoxy) is 2. The van der Waals surface area contributed by atoms with Crippen LogP contribution in [0, 0.1) is 5.92 Å². The number of carbonyl (C=O) groups is 2. The fraction of sp³-hybridized carbons (Fsp3) is 0.641. The van der Waals surface area contributed by atoms with Gasteiger partial charge in [0.05, 0.1) is 17.9 Å². The standard InChI is InChI=1S/C39H56N2O6/c1-11-28(35(43)45-31-24-38(8,9)41-39(10,25-31)33-20-16-15-19-32(33)27(3)47-41)21-34(42)44-30-22-36(4,5)40(37(6,7)23-30)46-26(2)29-17-13-12-14-18-29/h12-20,26-28,30-31H,11,21-25H2,1-10H3. The van der Waals surface area contributed by atoms with E-state index in [9.17, 15) is 9.59 Å². The quantitative estimate of drug-likeness (QED) is 0.251. The van der Waals surface area contributed by atoms with E-state index in [1.165, 1.54) is 5.56 Å². The van der Waals surface area contributed by atoms with Crippen molar-refractivity contribution in [2.45, 2.75) is 154 Å². The largest absolute Gasteiger partial charge is 0.462 e. The van der Waals surface area contributed by atoms with Gasteiger partial charge < -0.3 is 9.47 Å². The van der Waals surface area contributed by atoms with Gasteiger partial charge in [-0.25, -0.2) is 0 Å². The van der Waals surface area contributed by atoms with Gasteiger partial charge in [-0.1, -0.05) is 61.5 Å². The lowest BCUT2D eigenvalue weighted by Crippen LogP contribution is -2.63. The minimum atomic E-state index is -0.567. The van der Waals surface area contributed by atoms with Crippen molar-refractivity contribution in [3.8, 4) is 0 Å². The van der Waals surface area contributed by atoms with Crippen molar-refractivity contribution in [1.29, 1.82) is 0 Å². The summed E-state index contributed by atoms with van der Waals surface area (Å²) in [7, 11) is 0. The molecule has 0 aliphatic carbocycles. The number of carbonyl (C=O) groups excluding carboxylic acids is 2. The summed E-state index contributed by atoms with van der Waals surface area (Å²) in [4.78, 5) is 40.0. The third-order valence-electron chi connectivity index (χ3n) is 10.5. The summed E-state index contributed by atoms with van der Waals surface area (Å²) in [6, 6.07) is 18.6. The van der Waals surface area contributed by atoms with Crippen LogP contribution in [0.3, 0.4) is 0 Å². The third kappa shape index (κ3) is 7.31. The Morgan fingerprint density at radius 2 is 1.40 bits per heavy atom. The van der Waals surface area contributed by atoms with Crippen LogP contribution in [0.25, 0.3) is 0 Å². The molecule has 3 aliphatic heterocycles. The maximum Gasteiger partial charge on any atom is 0.309 e. The predicted octanol–water partition coefficient (Wildman–Crippen LogP) is 8.37. The van der Waals surface area contributed by atoms with E-state index in [0.717, 1.165) is 11.1 Å². The van der Waals surface area contributed by atoms with Crippen LogP contribution < -0.4 is 0 Å². The van der Waals surface area contributed by atoms with E-state index in [1.807, 2.05) is 31.2 Å². The van der Waals surface area contributed by atoms with Crippen molar-refractivity contribution >= 4 is 11.9 Å². The Morgan fingerprint density at radius 1 is 0.830 bits per heavy atom. The lowest BCUT2D eigenvalue weighted by atomic mass is 9.73. The van der Waals surface area contributed by atoms with E-state index in [1.54, 1.807) is 0 Å². The van der Waals surface area contributed by atoms with Gasteiger partial charge in [0.2, 0.25) is 0 Å². The molecule has 2 fully saturated rings. The lowest BCUT2D eigenvalue weighted by molar-refractivity contribution is -0.332. The molecule has 8 nitrogen and oxygen atoms in total. The highest BCUT2D eigenvalue weighted by atomic mass is 16.7. The van der Waals surface area contributed by atoms with Crippen molar-refractivity contribution < 1.29 is 28.7 Å². The van der Waals surface area contributed by atoms with E-state index in [-0.39, 0.29) is 59.4 Å². The first-order valence-electron chi connectivity index (χ1n) is 17.5. The van der Waals surface area contributed by atoms with Gasteiger partial charge in [-0.05, 0) is 85.4 Å². The monoisotopic (exact) mass is 648 g/mol. The Bertz CT molecular complexity index is 1410. The molecule has 0 amide bonds. The first-order chi connectivity index (χ1) is 22.0. The fourth-order valence-electron chi connectivity index (χ4n) is 8.60. The van der Waals surface area contributed by atoms with Crippen molar-refractivity contribution in [3.05, 3.63) is 71.3 Å². The molecule has 0 saturated carbocycles. The zero-order chi connectivity index (χ0) is 34.4. The molecule has 2 saturated heterocycles. The maximum atomic E-state index is 13.6. The van der Waals surface area contributed by atoms with Gasteiger partial charge in [0, 0.05) is 42.3 Å². The Labute approximate surface area is 282 Å². The smallest absolute Gasteiger partial charge is 0.309 e. The number of hydrogen-bond donors (Lipinski definition) is 0. The summed E-state index contributed by atoms with van der Waals surface area (Å²) in [5.74, 6) is -1.26. The Hall–Kier alpha value is -2.78. The van der Waals surface area contributed by atoms with Crippen LogP contribution in [0.15, 0.2) is 54.6 Å². The van der Waals surface area contributed by atoms with Crippen molar-refractivity contribution in [2.24, 2.45) is 5.92 Å². The molecule has 5 atom stereocenters. The van der Waals surface area contributed by atoms with E-state index < -0.39 is 11.5 Å². The van der Waals surface area contributed by atoms with Gasteiger partial charge in [-0.15, -0.1) is 0 Å². The van der Waals surface area contributed by atoms with Gasteiger partial charge >= 0.3 is 11.9 Å². The molecule has 0 radical (unpaired) electrons. The molecule has 0 spiro atoms. The molecule has 8 heteroatoms. The fourth-order valence-corrected chi connectivity index (χ4v) is 8.60. The summed E-state index contributed by atoms with van der Waals surface area (Å²) in [6.07, 6.45) is 2.23. The van der Waals surface area contributed by atoms with Gasteiger partial charge in [0.1, 0.15) is 24.4 Å². The molecule has 258 valence electrons. The number of fused-ring (bicyclic) bond motifs is 3. The molecule has 0 N–H and O–H groups in total. The second kappa shape index (κ2) is 13.3. The molecule has 0 bridgehead atoms. The minimum absolute atomic E-state index is 0.000904. The molecule has 2 aromatic carbocycles. The van der Waals surface area contributed by atoms with Crippen LogP contribution in [-0.2, 0) is 34.3 Å². The highest BCUT2D eigenvalue weighted by Crippen LogP contribution is 2.52. The zero-order valence-corrected chi connectivity index (χ0v) is 30.2. The number of piperidine rings is 2. The van der Waals surface area contributed by atoms with Crippen LogP contribution in [-0.4, -0.2) is 50.9 Å². The zero-order valence-electron chi connectivity index (χ0n) is 30.2. The van der Waals surface area contributed by atoms with Crippen LogP contribution in [0.1, 0.15) is 137 Å². The minimum Gasteiger partial charge on any atom is -0.462 e. The number of benzene rings is 2. The Balaban J connectivity index is 1.20. The first kappa shape index (κ1) is 35.5. The lowest BCUT2D eigenvalue weighted by Gasteiger charge is -2.58. The van der Waals surface area contributed by atoms with Crippen LogP contribution in [0.2, 0.25) is 0 Å². The predicted molar refractivity (Wildman–Crippen MR) is 182 cm³/mol. The second-order valence-corrected chi connectivity index (χ2v) is 16.1. The SMILES string of the molecule is CCC(CC(=O)OC1CC(C)(C)N(OC(C)c2ccccc2)C(C)(C)C1)C(=O)OC1CC(C)(C)N2OC(C)c3ccccc3C2(C)C1. The molecule has 0 aromatic heterocycles. The number of hydroxylamine groups is 4. The normalized spacial score (nSPS) is 28.4. The average molecular weight is 649 g/mol. The van der Waals surface area contributed by atoms with E-state index in [2.05, 4.69) is 103 Å². The summed E-state index contributed by atoms with van der Waals surface area (Å²) < 4.78 is 12.3. The summed E-state index contributed by atoms with van der Waals surface area (Å²) in [5, 5.41) is 4.20. The molecule has 5 rings (SSSR count). The van der Waals surface area contributed by atoms with Gasteiger partial charge in [0.25, 0.3) is 0 Å². The molecular weight excluding hydrogens is 592 g/mol. The molecule has 5 unspecified atom stereocenters. The Kier molecular flexibility index (Phi) is 10.0. The average Bonchev–Trinajstić information content (AvgIpc) is 2.98. The number of nitrogens with zero attached hydrogens (tertiary/aromatic N) is 2. The van der Waals surface area contributed by atoms with Gasteiger partial charge in [-0.3, -0.25) is 19.3 Å². The maximum absolute atomic E-state index is 13.6. The molecular formula is C39H56N2O6. The molecule has 3 heterocycles. The number of rotatable bonds is 9. The summed E-state index contributed by atoms with van der Waals surface area (Å²) in [5.41, 5.74) is 1.91. The molecule has 3 aliphatic rings. The van der Waals surface area contributed by atoms with Crippen molar-refractivity contribution in [3.63, 3.8) is 0 Å². The molecule has 2 aromatic rings. The van der Waals surface area contributed by atoms with E-state index >= 15 is 0 Å². The third-order valence-corrected chi connectivity index (χ3v) is 10.5. The number of hydrogen-bond acceptors (Lipinski definition) is 8.